The summed E-state index contributed by atoms with van der Waals surface area (Å²) in [5.74, 6) is -0.715. The predicted molar refractivity (Wildman–Crippen MR) is 120 cm³/mol. The van der Waals surface area contributed by atoms with Crippen molar-refractivity contribution in [2.24, 2.45) is 0 Å². The lowest BCUT2D eigenvalue weighted by molar-refractivity contribution is -0.115. The zero-order valence-corrected chi connectivity index (χ0v) is 17.1. The van der Waals surface area contributed by atoms with Crippen molar-refractivity contribution < 1.29 is 9.59 Å². The second-order valence-electron chi connectivity index (χ2n) is 6.56. The minimum absolute atomic E-state index is 0.167. The van der Waals surface area contributed by atoms with Crippen molar-refractivity contribution in [2.75, 3.05) is 17.6 Å². The van der Waals surface area contributed by atoms with Crippen molar-refractivity contribution in [1.82, 2.24) is 20.3 Å². The maximum absolute atomic E-state index is 12.2. The van der Waals surface area contributed by atoms with Crippen molar-refractivity contribution in [3.8, 4) is 22.5 Å². The van der Waals surface area contributed by atoms with Gasteiger partial charge in [-0.3, -0.25) is 19.6 Å². The molecule has 4 rings (SSSR count). The molecular formula is C22H18N6O2S. The Morgan fingerprint density at radius 2 is 1.68 bits per heavy atom. The van der Waals surface area contributed by atoms with Crippen LogP contribution in [0.1, 0.15) is 10.4 Å². The number of aromatic nitrogens is 3. The van der Waals surface area contributed by atoms with Gasteiger partial charge in [0.05, 0.1) is 17.9 Å². The monoisotopic (exact) mass is 430 g/mol. The van der Waals surface area contributed by atoms with Crippen LogP contribution in [0.5, 0.6) is 0 Å². The molecule has 0 aliphatic rings. The number of thiazole rings is 1. The number of rotatable bonds is 6. The minimum atomic E-state index is -0.364. The molecule has 31 heavy (non-hydrogen) atoms. The molecule has 3 aromatic heterocycles. The van der Waals surface area contributed by atoms with Crippen molar-refractivity contribution in [3.63, 3.8) is 0 Å². The Kier molecular flexibility index (Phi) is 5.95. The molecule has 2 amide bonds. The first-order chi connectivity index (χ1) is 15.1. The van der Waals surface area contributed by atoms with E-state index in [0.29, 0.717) is 16.4 Å². The van der Waals surface area contributed by atoms with Gasteiger partial charge in [0.25, 0.3) is 5.91 Å². The van der Waals surface area contributed by atoms with E-state index in [1.54, 1.807) is 42.9 Å². The van der Waals surface area contributed by atoms with Crippen molar-refractivity contribution in [2.45, 2.75) is 0 Å². The van der Waals surface area contributed by atoms with Crippen LogP contribution in [-0.4, -0.2) is 33.3 Å². The lowest BCUT2D eigenvalue weighted by Crippen LogP contribution is -2.32. The van der Waals surface area contributed by atoms with Gasteiger partial charge in [-0.25, -0.2) is 4.98 Å². The third-order valence-corrected chi connectivity index (χ3v) is 5.12. The zero-order valence-electron chi connectivity index (χ0n) is 16.3. The van der Waals surface area contributed by atoms with E-state index in [-0.39, 0.29) is 18.4 Å². The Bertz CT molecular complexity index is 1210. The fraction of sp³-hybridized carbons (Fsp3) is 0.0455. The van der Waals surface area contributed by atoms with E-state index in [0.717, 1.165) is 22.5 Å². The first kappa shape index (κ1) is 20.2. The summed E-state index contributed by atoms with van der Waals surface area (Å²) in [4.78, 5) is 37.2. The van der Waals surface area contributed by atoms with Gasteiger partial charge in [0.15, 0.2) is 5.13 Å². The van der Waals surface area contributed by atoms with Crippen LogP contribution in [0.25, 0.3) is 22.5 Å². The summed E-state index contributed by atoms with van der Waals surface area (Å²) in [6.45, 7) is -0.167. The second kappa shape index (κ2) is 9.14. The lowest BCUT2D eigenvalue weighted by atomic mass is 10.1. The number of hydrogen-bond acceptors (Lipinski definition) is 7. The summed E-state index contributed by atoms with van der Waals surface area (Å²) in [5.41, 5.74) is 9.98. The molecule has 0 fully saturated rings. The van der Waals surface area contributed by atoms with Crippen LogP contribution in [0.4, 0.5) is 10.8 Å². The van der Waals surface area contributed by atoms with Crippen LogP contribution < -0.4 is 16.4 Å². The molecule has 0 spiro atoms. The highest BCUT2D eigenvalue weighted by Crippen LogP contribution is 2.27. The average molecular weight is 430 g/mol. The van der Waals surface area contributed by atoms with Gasteiger partial charge in [-0.05, 0) is 48.5 Å². The summed E-state index contributed by atoms with van der Waals surface area (Å²) in [6.07, 6.45) is 5.15. The molecule has 9 heteroatoms. The molecule has 0 saturated heterocycles. The number of carbonyl (C=O) groups is 2. The molecule has 3 heterocycles. The summed E-state index contributed by atoms with van der Waals surface area (Å²) in [5, 5.41) is 7.58. The normalized spacial score (nSPS) is 10.5. The number of anilines is 2. The first-order valence-electron chi connectivity index (χ1n) is 9.34. The second-order valence-corrected chi connectivity index (χ2v) is 7.41. The third kappa shape index (κ3) is 5.09. The van der Waals surface area contributed by atoms with Crippen LogP contribution in [0, 0.1) is 0 Å². The third-order valence-electron chi connectivity index (χ3n) is 4.36. The van der Waals surface area contributed by atoms with Crippen molar-refractivity contribution in [3.05, 3.63) is 78.1 Å². The lowest BCUT2D eigenvalue weighted by Gasteiger charge is -2.05. The Hall–Kier alpha value is -4.11. The highest BCUT2D eigenvalue weighted by atomic mass is 32.1. The molecule has 0 atom stereocenters. The average Bonchev–Trinajstić information content (AvgIpc) is 3.27. The minimum Gasteiger partial charge on any atom is -0.399 e. The number of carbonyl (C=O) groups excluding carboxylic acids is 2. The molecular weight excluding hydrogens is 412 g/mol. The van der Waals surface area contributed by atoms with Gasteiger partial charge in [0.1, 0.15) is 0 Å². The van der Waals surface area contributed by atoms with E-state index < -0.39 is 0 Å². The Morgan fingerprint density at radius 3 is 2.45 bits per heavy atom. The number of nitrogen functional groups attached to an aromatic ring is 1. The van der Waals surface area contributed by atoms with Crippen LogP contribution in [0.2, 0.25) is 0 Å². The number of amides is 2. The van der Waals surface area contributed by atoms with Crippen LogP contribution in [-0.2, 0) is 4.79 Å². The summed E-state index contributed by atoms with van der Waals surface area (Å²) < 4.78 is 0. The molecule has 0 aliphatic heterocycles. The molecule has 0 saturated carbocycles. The highest BCUT2D eigenvalue weighted by molar-refractivity contribution is 7.14. The van der Waals surface area contributed by atoms with Crippen LogP contribution >= 0.6 is 11.3 Å². The molecule has 8 nitrogen and oxygen atoms in total. The highest BCUT2D eigenvalue weighted by Gasteiger charge is 2.11. The molecule has 0 bridgehead atoms. The van der Waals surface area contributed by atoms with Gasteiger partial charge in [0, 0.05) is 46.3 Å². The molecule has 154 valence electrons. The molecule has 1 aromatic carbocycles. The van der Waals surface area contributed by atoms with Crippen molar-refractivity contribution >= 4 is 34.0 Å². The van der Waals surface area contributed by atoms with Crippen LogP contribution in [0.15, 0.2) is 72.5 Å². The Morgan fingerprint density at radius 1 is 0.935 bits per heavy atom. The van der Waals surface area contributed by atoms with E-state index in [1.807, 2.05) is 29.6 Å². The van der Waals surface area contributed by atoms with E-state index >= 15 is 0 Å². The number of nitrogens with zero attached hydrogens (tertiary/aromatic N) is 3. The van der Waals surface area contributed by atoms with Gasteiger partial charge < -0.3 is 16.4 Å². The smallest absolute Gasteiger partial charge is 0.251 e. The zero-order chi connectivity index (χ0) is 21.6. The first-order valence-corrected chi connectivity index (χ1v) is 10.2. The summed E-state index contributed by atoms with van der Waals surface area (Å²) in [6, 6.07) is 14.0. The van der Waals surface area contributed by atoms with Gasteiger partial charge in [0.2, 0.25) is 5.91 Å². The maximum atomic E-state index is 12.2. The summed E-state index contributed by atoms with van der Waals surface area (Å²) in [7, 11) is 0. The van der Waals surface area contributed by atoms with Crippen LogP contribution in [0.3, 0.4) is 0 Å². The van der Waals surface area contributed by atoms with Gasteiger partial charge in [-0.15, -0.1) is 11.3 Å². The molecule has 0 unspecified atom stereocenters. The fourth-order valence-corrected chi connectivity index (χ4v) is 3.53. The van der Waals surface area contributed by atoms with E-state index in [2.05, 4.69) is 25.6 Å². The molecule has 4 N–H and O–H groups in total. The summed E-state index contributed by atoms with van der Waals surface area (Å²) >= 11 is 1.31. The van der Waals surface area contributed by atoms with E-state index in [4.69, 9.17) is 5.73 Å². The largest absolute Gasteiger partial charge is 0.399 e. The number of hydrogen-bond donors (Lipinski definition) is 3. The number of nitrogens with two attached hydrogens (primary N) is 1. The standard InChI is InChI=1S/C22H18N6O2S/c23-17-3-1-15(2-4-17)21(30)26-12-20(29)28-22-27-19(13-31-22)16-7-10-25-18(11-16)14-5-8-24-9-6-14/h1-11,13H,12,23H2,(H,26,30)(H,27,28,29). The Labute approximate surface area is 182 Å². The van der Waals surface area contributed by atoms with Gasteiger partial charge in [-0.2, -0.15) is 0 Å². The molecule has 4 aromatic rings. The SMILES string of the molecule is Nc1ccc(C(=O)NCC(=O)Nc2nc(-c3ccnc(-c4ccncc4)c3)cs2)cc1. The predicted octanol–water partition coefficient (Wildman–Crippen LogP) is 3.22. The fourth-order valence-electron chi connectivity index (χ4n) is 2.79. The maximum Gasteiger partial charge on any atom is 0.251 e. The van der Waals surface area contributed by atoms with E-state index in [9.17, 15) is 9.59 Å². The Balaban J connectivity index is 1.37. The topological polar surface area (TPSA) is 123 Å². The van der Waals surface area contributed by atoms with Gasteiger partial charge in [-0.1, -0.05) is 0 Å². The number of benzene rings is 1. The quantitative estimate of drug-likeness (QED) is 0.404. The molecule has 0 radical (unpaired) electrons. The molecule has 0 aliphatic carbocycles. The number of pyridine rings is 2. The van der Waals surface area contributed by atoms with Crippen molar-refractivity contribution in [1.29, 1.82) is 0 Å². The van der Waals surface area contributed by atoms with E-state index in [1.165, 1.54) is 11.3 Å². The number of nitrogens with one attached hydrogen (secondary N) is 2. The van der Waals surface area contributed by atoms with Gasteiger partial charge >= 0.3 is 0 Å².